The molecule has 0 bridgehead atoms. The fraction of sp³-hybridized carbons (Fsp3) is 0.421. The van der Waals surface area contributed by atoms with Crippen molar-refractivity contribution >= 4 is 11.8 Å². The van der Waals surface area contributed by atoms with E-state index >= 15 is 0 Å². The van der Waals surface area contributed by atoms with E-state index in [1.54, 1.807) is 6.33 Å². The van der Waals surface area contributed by atoms with Crippen molar-refractivity contribution in [1.82, 2.24) is 25.5 Å². The molecule has 138 valence electrons. The van der Waals surface area contributed by atoms with E-state index in [1.807, 2.05) is 19.1 Å². The number of H-pyrrole nitrogens is 1. The summed E-state index contributed by atoms with van der Waals surface area (Å²) in [6.07, 6.45) is 1.75. The highest BCUT2D eigenvalue weighted by molar-refractivity contribution is 5.88. The highest BCUT2D eigenvalue weighted by Gasteiger charge is 2.31. The number of amides is 2. The molecule has 0 saturated carbocycles. The normalized spacial score (nSPS) is 17.8. The monoisotopic (exact) mass is 355 g/mol. The van der Waals surface area contributed by atoms with Crippen LogP contribution in [0.3, 0.4) is 0 Å². The van der Waals surface area contributed by atoms with Gasteiger partial charge in [-0.1, -0.05) is 24.3 Å². The quantitative estimate of drug-likeness (QED) is 0.722. The second kappa shape index (κ2) is 8.14. The highest BCUT2D eigenvalue weighted by atomic mass is 16.2. The first-order chi connectivity index (χ1) is 12.5. The van der Waals surface area contributed by atoms with Crippen LogP contribution < -0.4 is 10.6 Å². The van der Waals surface area contributed by atoms with Gasteiger partial charge in [0.05, 0.1) is 31.0 Å². The molecule has 1 aromatic carbocycles. The van der Waals surface area contributed by atoms with Crippen molar-refractivity contribution in [2.45, 2.75) is 39.4 Å². The molecule has 2 amide bonds. The SMILES string of the molecule is Cc1ccccc1CN1CCNC(=O)[C@H]1CC(=O)NCc1nc[nH]c1C. The summed E-state index contributed by atoms with van der Waals surface area (Å²) >= 11 is 0. The number of carbonyl (C=O) groups excluding carboxylic acids is 2. The number of aromatic amines is 1. The van der Waals surface area contributed by atoms with Crippen molar-refractivity contribution in [3.05, 3.63) is 53.1 Å². The molecular weight excluding hydrogens is 330 g/mol. The van der Waals surface area contributed by atoms with Crippen molar-refractivity contribution < 1.29 is 9.59 Å². The summed E-state index contributed by atoms with van der Waals surface area (Å²) in [5, 5.41) is 5.73. The van der Waals surface area contributed by atoms with Crippen LogP contribution in [0, 0.1) is 13.8 Å². The Kier molecular flexibility index (Phi) is 5.68. The number of carbonyl (C=O) groups is 2. The molecule has 2 aromatic rings. The van der Waals surface area contributed by atoms with Gasteiger partial charge < -0.3 is 15.6 Å². The van der Waals surface area contributed by atoms with Gasteiger partial charge >= 0.3 is 0 Å². The molecule has 1 aromatic heterocycles. The topological polar surface area (TPSA) is 90.1 Å². The van der Waals surface area contributed by atoms with Crippen LogP contribution in [0.4, 0.5) is 0 Å². The van der Waals surface area contributed by atoms with Crippen molar-refractivity contribution in [2.75, 3.05) is 13.1 Å². The Labute approximate surface area is 153 Å². The number of benzene rings is 1. The van der Waals surface area contributed by atoms with Gasteiger partial charge in [-0.15, -0.1) is 0 Å². The Hall–Kier alpha value is -2.67. The van der Waals surface area contributed by atoms with Crippen LogP contribution in [0.1, 0.15) is 28.9 Å². The predicted octanol–water partition coefficient (Wildman–Crippen LogP) is 1.03. The lowest BCUT2D eigenvalue weighted by Gasteiger charge is -2.35. The molecule has 1 fully saturated rings. The number of hydrogen-bond acceptors (Lipinski definition) is 4. The van der Waals surface area contributed by atoms with Crippen molar-refractivity contribution in [2.24, 2.45) is 0 Å². The lowest BCUT2D eigenvalue weighted by Crippen LogP contribution is -2.56. The summed E-state index contributed by atoms with van der Waals surface area (Å²) in [7, 11) is 0. The number of imidazole rings is 1. The van der Waals surface area contributed by atoms with E-state index in [2.05, 4.69) is 44.6 Å². The van der Waals surface area contributed by atoms with Crippen LogP contribution in [-0.4, -0.2) is 45.8 Å². The number of rotatable bonds is 6. The second-order valence-corrected chi connectivity index (χ2v) is 6.66. The Morgan fingerprint density at radius 2 is 2.15 bits per heavy atom. The first-order valence-corrected chi connectivity index (χ1v) is 8.86. The summed E-state index contributed by atoms with van der Waals surface area (Å²) in [4.78, 5) is 34.0. The Bertz CT molecular complexity index is 786. The number of aryl methyl sites for hydroxylation is 2. The average Bonchev–Trinajstić information content (AvgIpc) is 3.03. The predicted molar refractivity (Wildman–Crippen MR) is 98.2 cm³/mol. The van der Waals surface area contributed by atoms with Crippen LogP contribution in [-0.2, 0) is 22.7 Å². The molecule has 0 spiro atoms. The van der Waals surface area contributed by atoms with Crippen molar-refractivity contribution in [3.8, 4) is 0 Å². The third-order valence-electron chi connectivity index (χ3n) is 4.84. The van der Waals surface area contributed by atoms with Gasteiger partial charge in [0.2, 0.25) is 11.8 Å². The number of hydrogen-bond donors (Lipinski definition) is 3. The van der Waals surface area contributed by atoms with E-state index in [4.69, 9.17) is 0 Å². The van der Waals surface area contributed by atoms with Gasteiger partial charge in [-0.3, -0.25) is 14.5 Å². The second-order valence-electron chi connectivity index (χ2n) is 6.66. The first kappa shape index (κ1) is 18.1. The highest BCUT2D eigenvalue weighted by Crippen LogP contribution is 2.16. The van der Waals surface area contributed by atoms with Crippen LogP contribution in [0.2, 0.25) is 0 Å². The zero-order chi connectivity index (χ0) is 18.5. The van der Waals surface area contributed by atoms with E-state index in [9.17, 15) is 9.59 Å². The molecule has 1 aliphatic heterocycles. The smallest absolute Gasteiger partial charge is 0.237 e. The van der Waals surface area contributed by atoms with Crippen LogP contribution in [0.25, 0.3) is 0 Å². The Balaban J connectivity index is 1.62. The maximum absolute atomic E-state index is 12.4. The third kappa shape index (κ3) is 4.29. The molecule has 3 rings (SSSR count). The maximum Gasteiger partial charge on any atom is 0.237 e. The largest absolute Gasteiger partial charge is 0.353 e. The van der Waals surface area contributed by atoms with Gasteiger partial charge in [-0.25, -0.2) is 4.98 Å². The van der Waals surface area contributed by atoms with Gasteiger partial charge in [0.1, 0.15) is 0 Å². The molecule has 0 unspecified atom stereocenters. The molecular formula is C19H25N5O2. The van der Waals surface area contributed by atoms with E-state index < -0.39 is 6.04 Å². The van der Waals surface area contributed by atoms with Gasteiger partial charge in [-0.2, -0.15) is 0 Å². The summed E-state index contributed by atoms with van der Waals surface area (Å²) in [5.74, 6) is -0.236. The van der Waals surface area contributed by atoms with Gasteiger partial charge in [-0.05, 0) is 25.0 Å². The van der Waals surface area contributed by atoms with Crippen molar-refractivity contribution in [3.63, 3.8) is 0 Å². The average molecular weight is 355 g/mol. The van der Waals surface area contributed by atoms with E-state index in [0.29, 0.717) is 19.6 Å². The summed E-state index contributed by atoms with van der Waals surface area (Å²) in [5.41, 5.74) is 4.11. The van der Waals surface area contributed by atoms with E-state index in [-0.39, 0.29) is 18.2 Å². The Morgan fingerprint density at radius 3 is 2.88 bits per heavy atom. The fourth-order valence-corrected chi connectivity index (χ4v) is 3.17. The molecule has 3 N–H and O–H groups in total. The molecule has 1 saturated heterocycles. The zero-order valence-corrected chi connectivity index (χ0v) is 15.2. The van der Waals surface area contributed by atoms with Crippen molar-refractivity contribution in [1.29, 1.82) is 0 Å². The molecule has 2 heterocycles. The minimum Gasteiger partial charge on any atom is -0.353 e. The minimum absolute atomic E-state index is 0.0871. The lowest BCUT2D eigenvalue weighted by molar-refractivity contribution is -0.134. The molecule has 7 heteroatoms. The molecule has 0 radical (unpaired) electrons. The molecule has 1 atom stereocenters. The fourth-order valence-electron chi connectivity index (χ4n) is 3.17. The zero-order valence-electron chi connectivity index (χ0n) is 15.2. The number of nitrogens with zero attached hydrogens (tertiary/aromatic N) is 2. The number of piperazine rings is 1. The summed E-state index contributed by atoms with van der Waals surface area (Å²) < 4.78 is 0. The summed E-state index contributed by atoms with van der Waals surface area (Å²) in [6, 6.07) is 7.68. The number of aromatic nitrogens is 2. The number of nitrogens with one attached hydrogen (secondary N) is 3. The van der Waals surface area contributed by atoms with E-state index in [1.165, 1.54) is 11.1 Å². The van der Waals surface area contributed by atoms with Crippen LogP contribution in [0.5, 0.6) is 0 Å². The standard InChI is InChI=1S/C19H25N5O2/c1-13-5-3-4-6-15(13)11-24-8-7-20-19(26)17(24)9-18(25)21-10-16-14(2)22-12-23-16/h3-6,12,17H,7-11H2,1-2H3,(H,20,26)(H,21,25)(H,22,23)/t17-/m1/s1. The maximum atomic E-state index is 12.4. The Morgan fingerprint density at radius 1 is 1.35 bits per heavy atom. The first-order valence-electron chi connectivity index (χ1n) is 8.86. The summed E-state index contributed by atoms with van der Waals surface area (Å²) in [6.45, 7) is 6.34. The molecule has 1 aliphatic rings. The van der Waals surface area contributed by atoms with Gasteiger partial charge in [0.15, 0.2) is 0 Å². The minimum atomic E-state index is -0.455. The van der Waals surface area contributed by atoms with Crippen LogP contribution in [0.15, 0.2) is 30.6 Å². The van der Waals surface area contributed by atoms with E-state index in [0.717, 1.165) is 17.9 Å². The van der Waals surface area contributed by atoms with Gasteiger partial charge in [0, 0.05) is 25.3 Å². The van der Waals surface area contributed by atoms with Gasteiger partial charge in [0.25, 0.3) is 0 Å². The third-order valence-corrected chi connectivity index (χ3v) is 4.84. The molecule has 26 heavy (non-hydrogen) atoms. The molecule has 0 aliphatic carbocycles. The lowest BCUT2D eigenvalue weighted by atomic mass is 10.0. The van der Waals surface area contributed by atoms with Crippen LogP contribution >= 0.6 is 0 Å². The molecule has 7 nitrogen and oxygen atoms in total.